The second-order valence-electron chi connectivity index (χ2n) is 5.17. The number of terminal acetylenes is 1. The Hall–Kier alpha value is -0.740. The standard InChI is InChI=1S/C13H18O/c1-4-5-12(14)10-7-6-9-8-11(10)13(9,2)3/h1,7,9,11-12,14H,5-6,8H2,2-3H3. The summed E-state index contributed by atoms with van der Waals surface area (Å²) in [6, 6.07) is 0. The van der Waals surface area contributed by atoms with E-state index in [9.17, 15) is 5.11 Å². The van der Waals surface area contributed by atoms with Crippen molar-refractivity contribution < 1.29 is 5.11 Å². The highest BCUT2D eigenvalue weighted by Crippen LogP contribution is 2.59. The van der Waals surface area contributed by atoms with Crippen molar-refractivity contribution in [2.24, 2.45) is 17.3 Å². The van der Waals surface area contributed by atoms with Gasteiger partial charge in [0.05, 0.1) is 6.10 Å². The zero-order valence-electron chi connectivity index (χ0n) is 8.96. The second kappa shape index (κ2) is 3.14. The van der Waals surface area contributed by atoms with Crippen molar-refractivity contribution in [3.63, 3.8) is 0 Å². The van der Waals surface area contributed by atoms with Crippen LogP contribution in [0.15, 0.2) is 11.6 Å². The van der Waals surface area contributed by atoms with Crippen LogP contribution in [0.2, 0.25) is 0 Å². The van der Waals surface area contributed by atoms with Crippen molar-refractivity contribution in [1.82, 2.24) is 0 Å². The maximum absolute atomic E-state index is 9.89. The predicted molar refractivity (Wildman–Crippen MR) is 57.5 cm³/mol. The molecule has 0 aromatic carbocycles. The van der Waals surface area contributed by atoms with Crippen molar-refractivity contribution in [3.05, 3.63) is 11.6 Å². The molecule has 3 aliphatic rings. The number of rotatable bonds is 2. The van der Waals surface area contributed by atoms with Crippen LogP contribution in [0, 0.1) is 29.6 Å². The van der Waals surface area contributed by atoms with E-state index in [2.05, 4.69) is 25.8 Å². The van der Waals surface area contributed by atoms with E-state index in [1.165, 1.54) is 12.0 Å². The Balaban J connectivity index is 2.15. The van der Waals surface area contributed by atoms with Crippen LogP contribution in [0.5, 0.6) is 0 Å². The Labute approximate surface area is 86.2 Å². The van der Waals surface area contributed by atoms with Crippen molar-refractivity contribution in [1.29, 1.82) is 0 Å². The van der Waals surface area contributed by atoms with Crippen molar-refractivity contribution in [2.75, 3.05) is 0 Å². The molecule has 0 spiro atoms. The van der Waals surface area contributed by atoms with E-state index in [-0.39, 0.29) is 0 Å². The maximum atomic E-state index is 9.89. The third kappa shape index (κ3) is 1.21. The lowest BCUT2D eigenvalue weighted by atomic mass is 9.48. The first-order valence-electron chi connectivity index (χ1n) is 5.39. The Morgan fingerprint density at radius 1 is 1.71 bits per heavy atom. The summed E-state index contributed by atoms with van der Waals surface area (Å²) >= 11 is 0. The molecule has 0 saturated heterocycles. The van der Waals surface area contributed by atoms with E-state index in [4.69, 9.17) is 6.42 Å². The largest absolute Gasteiger partial charge is 0.388 e. The minimum absolute atomic E-state index is 0.389. The SMILES string of the molecule is C#CCC(O)C1=CCC2CC1C2(C)C. The minimum atomic E-state index is -0.398. The van der Waals surface area contributed by atoms with Gasteiger partial charge in [-0.2, -0.15) is 0 Å². The summed E-state index contributed by atoms with van der Waals surface area (Å²) in [6.45, 7) is 4.61. The van der Waals surface area contributed by atoms with Gasteiger partial charge in [0.1, 0.15) is 0 Å². The number of aliphatic hydroxyl groups is 1. The van der Waals surface area contributed by atoms with Crippen LogP contribution in [0.4, 0.5) is 0 Å². The zero-order chi connectivity index (χ0) is 10.3. The van der Waals surface area contributed by atoms with Gasteiger partial charge < -0.3 is 5.11 Å². The number of fused-ring (bicyclic) bond motifs is 1. The molecule has 0 heterocycles. The van der Waals surface area contributed by atoms with Crippen molar-refractivity contribution in [3.8, 4) is 12.3 Å². The van der Waals surface area contributed by atoms with E-state index in [0.29, 0.717) is 17.8 Å². The lowest BCUT2D eigenvalue weighted by molar-refractivity contribution is -0.0210. The molecule has 76 valence electrons. The molecule has 0 aromatic rings. The molecule has 0 aliphatic heterocycles. The Bertz CT molecular complexity index is 306. The highest BCUT2D eigenvalue weighted by molar-refractivity contribution is 5.27. The normalized spacial score (nSPS) is 35.1. The van der Waals surface area contributed by atoms with Crippen LogP contribution in [0.3, 0.4) is 0 Å². The monoisotopic (exact) mass is 190 g/mol. The summed E-state index contributed by atoms with van der Waals surface area (Å²) in [5, 5.41) is 9.89. The number of hydrogen-bond donors (Lipinski definition) is 1. The van der Waals surface area contributed by atoms with E-state index < -0.39 is 6.10 Å². The molecule has 3 atom stereocenters. The van der Waals surface area contributed by atoms with Gasteiger partial charge in [-0.15, -0.1) is 12.3 Å². The molecule has 14 heavy (non-hydrogen) atoms. The van der Waals surface area contributed by atoms with Gasteiger partial charge in [-0.05, 0) is 35.7 Å². The molecule has 1 N–H and O–H groups in total. The quantitative estimate of drug-likeness (QED) is 0.523. The molecule has 1 saturated carbocycles. The van der Waals surface area contributed by atoms with Gasteiger partial charge in [-0.1, -0.05) is 19.9 Å². The van der Waals surface area contributed by atoms with Gasteiger partial charge >= 0.3 is 0 Å². The molecule has 0 aromatic heterocycles. The van der Waals surface area contributed by atoms with Gasteiger partial charge in [0.15, 0.2) is 0 Å². The summed E-state index contributed by atoms with van der Waals surface area (Å²) in [7, 11) is 0. The number of hydrogen-bond acceptors (Lipinski definition) is 1. The van der Waals surface area contributed by atoms with Gasteiger partial charge in [0, 0.05) is 6.42 Å². The van der Waals surface area contributed by atoms with Crippen LogP contribution >= 0.6 is 0 Å². The third-order valence-corrected chi connectivity index (χ3v) is 4.21. The molecule has 3 rings (SSSR count). The average molecular weight is 190 g/mol. The Kier molecular flexibility index (Phi) is 2.20. The molecular formula is C13H18O. The molecule has 0 radical (unpaired) electrons. The summed E-state index contributed by atoms with van der Waals surface area (Å²) < 4.78 is 0. The first-order valence-corrected chi connectivity index (χ1v) is 5.39. The van der Waals surface area contributed by atoms with Crippen molar-refractivity contribution >= 4 is 0 Å². The molecule has 1 heteroatoms. The van der Waals surface area contributed by atoms with Gasteiger partial charge in [0.2, 0.25) is 0 Å². The lowest BCUT2D eigenvalue weighted by Crippen LogP contribution is -2.49. The highest BCUT2D eigenvalue weighted by Gasteiger charge is 2.52. The molecule has 1 nitrogen and oxygen atoms in total. The molecule has 0 amide bonds. The van der Waals surface area contributed by atoms with E-state index in [1.54, 1.807) is 0 Å². The second-order valence-corrected chi connectivity index (χ2v) is 5.17. The van der Waals surface area contributed by atoms with Crippen LogP contribution in [0.1, 0.15) is 33.1 Å². The first-order chi connectivity index (χ1) is 6.57. The first kappa shape index (κ1) is 9.80. The molecule has 3 unspecified atom stereocenters. The van der Waals surface area contributed by atoms with Crippen LogP contribution in [0.25, 0.3) is 0 Å². The summed E-state index contributed by atoms with van der Waals surface area (Å²) in [5.41, 5.74) is 1.59. The maximum Gasteiger partial charge on any atom is 0.0862 e. The Morgan fingerprint density at radius 3 is 2.93 bits per heavy atom. The minimum Gasteiger partial charge on any atom is -0.388 e. The summed E-state index contributed by atoms with van der Waals surface area (Å²) in [5.74, 6) is 3.94. The smallest absolute Gasteiger partial charge is 0.0862 e. The van der Waals surface area contributed by atoms with E-state index >= 15 is 0 Å². The molecule has 3 aliphatic carbocycles. The summed E-state index contributed by atoms with van der Waals surface area (Å²) in [4.78, 5) is 0. The van der Waals surface area contributed by atoms with Crippen molar-refractivity contribution in [2.45, 2.75) is 39.2 Å². The van der Waals surface area contributed by atoms with E-state index in [1.807, 2.05) is 0 Å². The Morgan fingerprint density at radius 2 is 2.43 bits per heavy atom. The fourth-order valence-electron chi connectivity index (χ4n) is 3.00. The zero-order valence-corrected chi connectivity index (χ0v) is 8.96. The molecule has 2 bridgehead atoms. The highest BCUT2D eigenvalue weighted by atomic mass is 16.3. The van der Waals surface area contributed by atoms with Gasteiger partial charge in [-0.25, -0.2) is 0 Å². The van der Waals surface area contributed by atoms with E-state index in [0.717, 1.165) is 12.3 Å². The fraction of sp³-hybridized carbons (Fsp3) is 0.692. The molecular weight excluding hydrogens is 172 g/mol. The predicted octanol–water partition coefficient (Wildman–Crippen LogP) is 2.36. The topological polar surface area (TPSA) is 20.2 Å². The summed E-state index contributed by atoms with van der Waals surface area (Å²) in [6.07, 6.45) is 9.88. The van der Waals surface area contributed by atoms with Crippen LogP contribution in [-0.4, -0.2) is 11.2 Å². The van der Waals surface area contributed by atoms with Crippen LogP contribution in [-0.2, 0) is 0 Å². The fourth-order valence-corrected chi connectivity index (χ4v) is 3.00. The van der Waals surface area contributed by atoms with Crippen LogP contribution < -0.4 is 0 Å². The number of aliphatic hydroxyl groups excluding tert-OH is 1. The van der Waals surface area contributed by atoms with Gasteiger partial charge in [-0.3, -0.25) is 0 Å². The molecule has 1 fully saturated rings. The average Bonchev–Trinajstić information content (AvgIpc) is 2.18. The number of allylic oxidation sites excluding steroid dienone is 1. The van der Waals surface area contributed by atoms with Gasteiger partial charge in [0.25, 0.3) is 0 Å². The third-order valence-electron chi connectivity index (χ3n) is 4.21. The lowest BCUT2D eigenvalue weighted by Gasteiger charge is -2.57.